The number of methoxy groups -OCH3 is 1. The van der Waals surface area contributed by atoms with Crippen LogP contribution in [0.1, 0.15) is 51.0 Å². The minimum absolute atomic E-state index is 0.114. The van der Waals surface area contributed by atoms with E-state index in [1.807, 2.05) is 0 Å². The van der Waals surface area contributed by atoms with Crippen molar-refractivity contribution >= 4 is 6.29 Å². The third kappa shape index (κ3) is 6.31. The van der Waals surface area contributed by atoms with E-state index in [0.29, 0.717) is 11.2 Å². The zero-order chi connectivity index (χ0) is 19.8. The van der Waals surface area contributed by atoms with Crippen molar-refractivity contribution in [2.75, 3.05) is 27.2 Å². The quantitative estimate of drug-likeness (QED) is 0.676. The maximum absolute atomic E-state index is 12.4. The lowest BCUT2D eigenvalue weighted by molar-refractivity contribution is -0.155. The van der Waals surface area contributed by atoms with Crippen LogP contribution in [-0.4, -0.2) is 44.6 Å². The van der Waals surface area contributed by atoms with E-state index in [1.54, 1.807) is 0 Å². The Bertz CT molecular complexity index is 546. The Morgan fingerprint density at radius 3 is 2.23 bits per heavy atom. The molecule has 1 unspecified atom stereocenters. The zero-order valence-corrected chi connectivity index (χ0v) is 16.1. The van der Waals surface area contributed by atoms with Crippen molar-refractivity contribution in [3.63, 3.8) is 0 Å². The summed E-state index contributed by atoms with van der Waals surface area (Å²) in [7, 11) is 3.58. The molecule has 2 rings (SSSR count). The lowest BCUT2D eigenvalue weighted by Crippen LogP contribution is -2.37. The number of piperidine rings is 1. The van der Waals surface area contributed by atoms with Crippen LogP contribution >= 0.6 is 0 Å². The fraction of sp³-hybridized carbons (Fsp3) is 0.650. The Kier molecular flexibility index (Phi) is 8.60. The first-order valence-electron chi connectivity index (χ1n) is 9.06. The first-order valence-corrected chi connectivity index (χ1v) is 9.06. The van der Waals surface area contributed by atoms with E-state index in [4.69, 9.17) is 4.74 Å². The van der Waals surface area contributed by atoms with E-state index in [2.05, 4.69) is 25.8 Å². The van der Waals surface area contributed by atoms with E-state index in [-0.39, 0.29) is 11.8 Å². The first-order chi connectivity index (χ1) is 12.2. The number of hydrogen-bond acceptors (Lipinski definition) is 3. The summed E-state index contributed by atoms with van der Waals surface area (Å²) >= 11 is 0. The van der Waals surface area contributed by atoms with Gasteiger partial charge in [0.25, 0.3) is 0 Å². The van der Waals surface area contributed by atoms with Gasteiger partial charge in [-0.05, 0) is 56.1 Å². The van der Waals surface area contributed by atoms with Gasteiger partial charge in [0.2, 0.25) is 0 Å². The summed E-state index contributed by atoms with van der Waals surface area (Å²) in [6.07, 6.45) is 0.893. The summed E-state index contributed by atoms with van der Waals surface area (Å²) in [5.41, 5.74) is 0.587. The number of nitrogens with zero attached hydrogens (tertiary/aromatic N) is 1. The molecule has 3 nitrogen and oxygen atoms in total. The van der Waals surface area contributed by atoms with Crippen LogP contribution in [0.15, 0.2) is 24.3 Å². The number of rotatable bonds is 5. The minimum Gasteiger partial charge on any atom is -0.497 e. The molecule has 26 heavy (non-hydrogen) atoms. The van der Waals surface area contributed by atoms with Gasteiger partial charge in [-0.15, -0.1) is 0 Å². The summed E-state index contributed by atoms with van der Waals surface area (Å²) < 4.78 is 41.9. The van der Waals surface area contributed by atoms with Gasteiger partial charge >= 0.3 is 6.18 Å². The summed E-state index contributed by atoms with van der Waals surface area (Å²) in [5.74, 6) is -1.80. The second-order valence-corrected chi connectivity index (χ2v) is 6.94. The number of halogens is 3. The van der Waals surface area contributed by atoms with E-state index in [9.17, 15) is 18.0 Å². The maximum atomic E-state index is 12.4. The van der Waals surface area contributed by atoms with Gasteiger partial charge < -0.3 is 14.4 Å². The van der Waals surface area contributed by atoms with Crippen molar-refractivity contribution in [1.82, 2.24) is 4.90 Å². The van der Waals surface area contributed by atoms with Gasteiger partial charge in [-0.25, -0.2) is 0 Å². The number of aldehydes is 1. The smallest absolute Gasteiger partial charge is 0.402 e. The van der Waals surface area contributed by atoms with E-state index >= 15 is 0 Å². The summed E-state index contributed by atoms with van der Waals surface area (Å²) in [6.45, 7) is 7.30. The monoisotopic (exact) mass is 373 g/mol. The van der Waals surface area contributed by atoms with Gasteiger partial charge in [0.05, 0.1) is 7.11 Å². The average Bonchev–Trinajstić information content (AvgIpc) is 2.63. The lowest BCUT2D eigenvalue weighted by Gasteiger charge is -2.39. The van der Waals surface area contributed by atoms with Crippen LogP contribution < -0.4 is 4.74 Å². The molecule has 1 aliphatic heterocycles. The van der Waals surface area contributed by atoms with Crippen LogP contribution in [0.2, 0.25) is 0 Å². The third-order valence-corrected chi connectivity index (χ3v) is 5.49. The molecule has 148 valence electrons. The lowest BCUT2D eigenvalue weighted by atomic mass is 9.74. The Balaban J connectivity index is 0.000000273. The predicted molar refractivity (Wildman–Crippen MR) is 97.6 cm³/mol. The van der Waals surface area contributed by atoms with E-state index < -0.39 is 12.1 Å². The van der Waals surface area contributed by atoms with Crippen LogP contribution in [0.4, 0.5) is 13.2 Å². The molecule has 0 radical (unpaired) electrons. The molecule has 0 aliphatic carbocycles. The molecular weight excluding hydrogens is 343 g/mol. The Morgan fingerprint density at radius 2 is 1.81 bits per heavy atom. The Hall–Kier alpha value is -1.56. The Morgan fingerprint density at radius 1 is 1.23 bits per heavy atom. The molecule has 1 aromatic rings. The molecule has 0 amide bonds. The van der Waals surface area contributed by atoms with E-state index in [1.165, 1.54) is 70.1 Å². The molecule has 1 atom stereocenters. The van der Waals surface area contributed by atoms with Crippen molar-refractivity contribution in [2.24, 2.45) is 5.41 Å². The maximum Gasteiger partial charge on any atom is 0.402 e. The van der Waals surface area contributed by atoms with Crippen LogP contribution in [0, 0.1) is 5.41 Å². The fourth-order valence-electron chi connectivity index (χ4n) is 3.23. The topological polar surface area (TPSA) is 29.5 Å². The molecule has 1 aliphatic rings. The molecule has 1 saturated heterocycles. The SMILES string of the molecule is CCC1(CC)CCN(C)CC1.COc1cccc(C(C=O)C(F)(F)F)c1. The van der Waals surface area contributed by atoms with Gasteiger partial charge in [-0.1, -0.05) is 38.8 Å². The molecule has 1 aromatic carbocycles. The summed E-state index contributed by atoms with van der Waals surface area (Å²) in [6, 6.07) is 5.37. The highest BCUT2D eigenvalue weighted by Gasteiger charge is 2.40. The molecule has 1 fully saturated rings. The predicted octanol–water partition coefficient (Wildman–Crippen LogP) is 5.06. The number of carbonyl (C=O) groups is 1. The first kappa shape index (κ1) is 22.5. The number of hydrogen-bond donors (Lipinski definition) is 0. The number of ether oxygens (including phenoxy) is 1. The summed E-state index contributed by atoms with van der Waals surface area (Å²) in [5, 5.41) is 0. The van der Waals surface area contributed by atoms with Crippen LogP contribution in [0.25, 0.3) is 0 Å². The van der Waals surface area contributed by atoms with Gasteiger partial charge in [0, 0.05) is 0 Å². The van der Waals surface area contributed by atoms with Crippen molar-refractivity contribution in [3.8, 4) is 5.75 Å². The normalized spacial score (nSPS) is 18.4. The van der Waals surface area contributed by atoms with Gasteiger partial charge in [0.1, 0.15) is 18.0 Å². The minimum atomic E-state index is -4.56. The molecule has 0 aromatic heterocycles. The summed E-state index contributed by atoms with van der Waals surface area (Å²) in [4.78, 5) is 12.8. The standard InChI is InChI=1S/C10H9F3O2.C10H21N/c1-15-8-4-2-3-7(5-8)9(6-14)10(11,12)13;1-4-10(5-2)6-8-11(3)9-7-10/h2-6,9H,1H3;4-9H2,1-3H3. The number of benzene rings is 1. The van der Waals surface area contributed by atoms with Crippen LogP contribution in [-0.2, 0) is 4.79 Å². The highest BCUT2D eigenvalue weighted by Crippen LogP contribution is 2.37. The highest BCUT2D eigenvalue weighted by molar-refractivity contribution is 5.64. The number of alkyl halides is 3. The van der Waals surface area contributed by atoms with Crippen molar-refractivity contribution in [3.05, 3.63) is 29.8 Å². The largest absolute Gasteiger partial charge is 0.497 e. The highest BCUT2D eigenvalue weighted by atomic mass is 19.4. The zero-order valence-electron chi connectivity index (χ0n) is 16.1. The second kappa shape index (κ2) is 9.95. The molecule has 0 N–H and O–H groups in total. The van der Waals surface area contributed by atoms with Gasteiger partial charge in [-0.3, -0.25) is 0 Å². The van der Waals surface area contributed by atoms with Crippen molar-refractivity contribution in [1.29, 1.82) is 0 Å². The molecular formula is C20H30F3NO2. The number of carbonyl (C=O) groups excluding carboxylic acids is 1. The molecule has 1 heterocycles. The Labute approximate surface area is 154 Å². The third-order valence-electron chi connectivity index (χ3n) is 5.49. The van der Waals surface area contributed by atoms with Crippen molar-refractivity contribution in [2.45, 2.75) is 51.6 Å². The molecule has 6 heteroatoms. The van der Waals surface area contributed by atoms with Gasteiger partial charge in [0.15, 0.2) is 0 Å². The van der Waals surface area contributed by atoms with Crippen LogP contribution in [0.3, 0.4) is 0 Å². The fourth-order valence-corrected chi connectivity index (χ4v) is 3.23. The molecule has 0 saturated carbocycles. The second-order valence-electron chi connectivity index (χ2n) is 6.94. The molecule has 0 bridgehead atoms. The van der Waals surface area contributed by atoms with Crippen molar-refractivity contribution < 1.29 is 22.7 Å². The molecule has 0 spiro atoms. The average molecular weight is 373 g/mol. The van der Waals surface area contributed by atoms with E-state index in [0.717, 1.165) is 0 Å². The van der Waals surface area contributed by atoms with Gasteiger partial charge in [-0.2, -0.15) is 13.2 Å². The van der Waals surface area contributed by atoms with Crippen LogP contribution in [0.5, 0.6) is 5.75 Å². The number of likely N-dealkylation sites (tertiary alicyclic amines) is 1.